The molecule has 0 aliphatic heterocycles. The summed E-state index contributed by atoms with van der Waals surface area (Å²) in [6.07, 6.45) is 2.69. The highest BCUT2D eigenvalue weighted by Crippen LogP contribution is 2.44. The summed E-state index contributed by atoms with van der Waals surface area (Å²) in [6, 6.07) is 16.2. The Morgan fingerprint density at radius 3 is 2.34 bits per heavy atom. The third-order valence-electron chi connectivity index (χ3n) is 6.12. The Morgan fingerprint density at radius 2 is 1.71 bits per heavy atom. The van der Waals surface area contributed by atoms with Gasteiger partial charge in [0.15, 0.2) is 6.10 Å². The van der Waals surface area contributed by atoms with Crippen molar-refractivity contribution in [2.75, 3.05) is 11.9 Å². The molecule has 2 amide bonds. The summed E-state index contributed by atoms with van der Waals surface area (Å²) in [5, 5.41) is 15.8. The van der Waals surface area contributed by atoms with Crippen LogP contribution in [0.2, 0.25) is 0 Å². The molecule has 1 heterocycles. The van der Waals surface area contributed by atoms with Gasteiger partial charge in [-0.1, -0.05) is 48.5 Å². The number of hydrogen-bond acceptors (Lipinski definition) is 6. The molecule has 2 aliphatic carbocycles. The molecule has 1 atom stereocenters. The number of carbonyl (C=O) groups excluding carboxylic acids is 2. The monoisotopic (exact) mass is 476 g/mol. The maximum Gasteiger partial charge on any atom is 0.411 e. The lowest BCUT2D eigenvalue weighted by molar-refractivity contribution is -0.162. The Bertz CT molecular complexity index is 1220. The van der Waals surface area contributed by atoms with E-state index in [0.29, 0.717) is 5.69 Å². The molecule has 2 aliphatic rings. The number of carboxylic acid groups (broad SMARTS) is 1. The van der Waals surface area contributed by atoms with Gasteiger partial charge in [0.1, 0.15) is 13.2 Å². The summed E-state index contributed by atoms with van der Waals surface area (Å²) in [5.74, 6) is -1.80. The molecule has 1 saturated carbocycles. The molecule has 10 nitrogen and oxygen atoms in total. The van der Waals surface area contributed by atoms with E-state index in [1.807, 2.05) is 36.4 Å². The van der Waals surface area contributed by atoms with Gasteiger partial charge >= 0.3 is 12.1 Å². The smallest absolute Gasteiger partial charge is 0.411 e. The van der Waals surface area contributed by atoms with E-state index in [-0.39, 0.29) is 25.0 Å². The highest BCUT2D eigenvalue weighted by atomic mass is 16.7. The van der Waals surface area contributed by atoms with E-state index < -0.39 is 24.1 Å². The van der Waals surface area contributed by atoms with Crippen molar-refractivity contribution in [3.8, 4) is 11.1 Å². The van der Waals surface area contributed by atoms with Gasteiger partial charge in [0.25, 0.3) is 5.91 Å². The molecule has 1 aromatic heterocycles. The fourth-order valence-corrected chi connectivity index (χ4v) is 4.32. The summed E-state index contributed by atoms with van der Waals surface area (Å²) in [7, 11) is 0. The number of aliphatic carboxylic acids is 1. The number of amides is 2. The summed E-state index contributed by atoms with van der Waals surface area (Å²) in [6.45, 7) is -0.0249. The molecule has 5 rings (SSSR count). The SMILES string of the molecule is O=C(Cn1cc(NC(=O)OCC2c3ccccc3-c3ccccc32)cn1)NOC(C(=O)O)C1CC1. The van der Waals surface area contributed by atoms with Gasteiger partial charge in [-0.05, 0) is 41.0 Å². The fraction of sp³-hybridized carbons (Fsp3) is 0.280. The van der Waals surface area contributed by atoms with Crippen LogP contribution in [0.5, 0.6) is 0 Å². The van der Waals surface area contributed by atoms with E-state index in [0.717, 1.165) is 35.1 Å². The molecule has 35 heavy (non-hydrogen) atoms. The number of anilines is 1. The quantitative estimate of drug-likeness (QED) is 0.404. The van der Waals surface area contributed by atoms with Gasteiger partial charge in [0.2, 0.25) is 0 Å². The van der Waals surface area contributed by atoms with Gasteiger partial charge in [-0.25, -0.2) is 15.1 Å². The summed E-state index contributed by atoms with van der Waals surface area (Å²) >= 11 is 0. The summed E-state index contributed by atoms with van der Waals surface area (Å²) in [5.41, 5.74) is 7.05. The number of carbonyl (C=O) groups is 3. The van der Waals surface area contributed by atoms with Gasteiger partial charge in [-0.3, -0.25) is 19.6 Å². The predicted octanol–water partition coefficient (Wildman–Crippen LogP) is 3.16. The van der Waals surface area contributed by atoms with Crippen molar-refractivity contribution in [1.29, 1.82) is 0 Å². The van der Waals surface area contributed by atoms with Crippen LogP contribution in [-0.2, 0) is 25.7 Å². The Balaban J connectivity index is 1.12. The van der Waals surface area contributed by atoms with E-state index in [4.69, 9.17) is 14.7 Å². The normalized spacial score (nSPS) is 15.1. The standard InChI is InChI=1S/C25H24N4O6/c30-22(28-35-23(24(31)32)15-9-10-15)13-29-12-16(11-26-29)27-25(33)34-14-21-19-7-3-1-5-17(19)18-6-2-4-8-20(18)21/h1-8,11-12,15,21,23H,9-10,13-14H2,(H,27,33)(H,28,30)(H,31,32). The second-order valence-corrected chi connectivity index (χ2v) is 8.62. The fourth-order valence-electron chi connectivity index (χ4n) is 4.32. The Labute approximate surface area is 200 Å². The van der Waals surface area contributed by atoms with Crippen LogP contribution in [0.15, 0.2) is 60.9 Å². The van der Waals surface area contributed by atoms with E-state index >= 15 is 0 Å². The second kappa shape index (κ2) is 9.59. The van der Waals surface area contributed by atoms with Gasteiger partial charge < -0.3 is 9.84 Å². The topological polar surface area (TPSA) is 132 Å². The zero-order chi connectivity index (χ0) is 24.4. The van der Waals surface area contributed by atoms with Crippen LogP contribution < -0.4 is 10.8 Å². The minimum absolute atomic E-state index is 0.0511. The third kappa shape index (κ3) is 5.02. The van der Waals surface area contributed by atoms with Crippen molar-refractivity contribution >= 4 is 23.7 Å². The zero-order valence-corrected chi connectivity index (χ0v) is 18.7. The Kier molecular flexibility index (Phi) is 6.19. The highest BCUT2D eigenvalue weighted by Gasteiger charge is 2.38. The van der Waals surface area contributed by atoms with E-state index in [2.05, 4.69) is 28.0 Å². The number of fused-ring (bicyclic) bond motifs is 3. The molecule has 0 spiro atoms. The lowest BCUT2D eigenvalue weighted by atomic mass is 9.98. The number of rotatable bonds is 9. The predicted molar refractivity (Wildman–Crippen MR) is 124 cm³/mol. The maximum atomic E-state index is 12.4. The first-order valence-electron chi connectivity index (χ1n) is 11.3. The number of nitrogens with zero attached hydrogens (tertiary/aromatic N) is 2. The number of benzene rings is 2. The molecule has 3 N–H and O–H groups in total. The Hall–Kier alpha value is -4.18. The van der Waals surface area contributed by atoms with Crippen molar-refractivity contribution in [3.63, 3.8) is 0 Å². The Morgan fingerprint density at radius 1 is 1.06 bits per heavy atom. The minimum atomic E-state index is -1.11. The van der Waals surface area contributed by atoms with E-state index in [9.17, 15) is 14.4 Å². The van der Waals surface area contributed by atoms with Gasteiger partial charge in [0.05, 0.1) is 11.9 Å². The van der Waals surface area contributed by atoms with Crippen molar-refractivity contribution < 1.29 is 29.1 Å². The molecule has 10 heteroatoms. The number of carboxylic acids is 1. The van der Waals surface area contributed by atoms with Crippen molar-refractivity contribution in [3.05, 3.63) is 72.1 Å². The number of hydroxylamine groups is 1. The van der Waals surface area contributed by atoms with Gasteiger partial charge in [0, 0.05) is 12.1 Å². The zero-order valence-electron chi connectivity index (χ0n) is 18.7. The molecule has 1 fully saturated rings. The number of aromatic nitrogens is 2. The largest absolute Gasteiger partial charge is 0.479 e. The molecule has 180 valence electrons. The molecule has 0 radical (unpaired) electrons. The first kappa shape index (κ1) is 22.6. The highest BCUT2D eigenvalue weighted by molar-refractivity contribution is 5.85. The average molecular weight is 476 g/mol. The molecular weight excluding hydrogens is 452 g/mol. The van der Waals surface area contributed by atoms with Crippen LogP contribution in [0.1, 0.15) is 29.9 Å². The van der Waals surface area contributed by atoms with Crippen LogP contribution >= 0.6 is 0 Å². The van der Waals surface area contributed by atoms with Crippen LogP contribution in [-0.4, -0.2) is 45.6 Å². The number of nitrogens with one attached hydrogen (secondary N) is 2. The molecule has 3 aromatic rings. The van der Waals surface area contributed by atoms with E-state index in [1.165, 1.54) is 17.1 Å². The third-order valence-corrected chi connectivity index (χ3v) is 6.12. The number of ether oxygens (including phenoxy) is 1. The first-order chi connectivity index (χ1) is 17.0. The molecule has 0 saturated heterocycles. The van der Waals surface area contributed by atoms with Gasteiger partial charge in [-0.2, -0.15) is 5.10 Å². The van der Waals surface area contributed by atoms with Crippen molar-refractivity contribution in [2.24, 2.45) is 5.92 Å². The molecule has 0 bridgehead atoms. The minimum Gasteiger partial charge on any atom is -0.479 e. The van der Waals surface area contributed by atoms with Crippen LogP contribution in [0.25, 0.3) is 11.1 Å². The molecule has 2 aromatic carbocycles. The lowest BCUT2D eigenvalue weighted by Gasteiger charge is -2.14. The van der Waals surface area contributed by atoms with Crippen molar-refractivity contribution in [1.82, 2.24) is 15.3 Å². The molecule has 1 unspecified atom stereocenters. The summed E-state index contributed by atoms with van der Waals surface area (Å²) < 4.78 is 6.80. The van der Waals surface area contributed by atoms with E-state index in [1.54, 1.807) is 0 Å². The second-order valence-electron chi connectivity index (χ2n) is 8.62. The van der Waals surface area contributed by atoms with Gasteiger partial charge in [-0.15, -0.1) is 0 Å². The maximum absolute atomic E-state index is 12.4. The van der Waals surface area contributed by atoms with Crippen LogP contribution in [0.3, 0.4) is 0 Å². The average Bonchev–Trinajstić information content (AvgIpc) is 3.50. The van der Waals surface area contributed by atoms with Crippen LogP contribution in [0.4, 0.5) is 10.5 Å². The first-order valence-corrected chi connectivity index (χ1v) is 11.3. The molecular formula is C25H24N4O6. The van der Waals surface area contributed by atoms with Crippen molar-refractivity contribution in [2.45, 2.75) is 31.4 Å². The number of hydrogen-bond donors (Lipinski definition) is 3. The lowest BCUT2D eigenvalue weighted by Crippen LogP contribution is -2.37. The van der Waals surface area contributed by atoms with Crippen LogP contribution in [0, 0.1) is 5.92 Å². The summed E-state index contributed by atoms with van der Waals surface area (Å²) in [4.78, 5) is 40.7.